The molecule has 0 fully saturated rings. The zero-order chi connectivity index (χ0) is 15.5. The number of benzene rings is 1. The molecule has 2 heterocycles. The summed E-state index contributed by atoms with van der Waals surface area (Å²) in [5.74, 6) is 0.930. The molecule has 112 valence electrons. The van der Waals surface area contributed by atoms with E-state index in [-0.39, 0.29) is 5.76 Å². The summed E-state index contributed by atoms with van der Waals surface area (Å²) in [5.41, 5.74) is 0.0769. The topological polar surface area (TPSA) is 48.2 Å². The maximum Gasteiger partial charge on any atom is 0.283 e. The number of ether oxygens (including phenoxy) is 1. The van der Waals surface area contributed by atoms with E-state index in [9.17, 15) is 8.78 Å². The summed E-state index contributed by atoms with van der Waals surface area (Å²) >= 11 is 5.76. The molecule has 7 heteroatoms. The minimum Gasteiger partial charge on any atom is -0.438 e. The van der Waals surface area contributed by atoms with Crippen molar-refractivity contribution in [3.8, 4) is 23.0 Å². The molecule has 0 bridgehead atoms. The van der Waals surface area contributed by atoms with Crippen LogP contribution in [0.2, 0.25) is 5.02 Å². The first-order valence-electron chi connectivity index (χ1n) is 6.27. The number of rotatable bonds is 4. The number of hydrogen-bond acceptors (Lipinski definition) is 4. The summed E-state index contributed by atoms with van der Waals surface area (Å²) in [6.45, 7) is 0. The van der Waals surface area contributed by atoms with Crippen LogP contribution in [0.4, 0.5) is 8.78 Å². The lowest BCUT2D eigenvalue weighted by Crippen LogP contribution is -1.89. The Kier molecular flexibility index (Phi) is 4.02. The zero-order valence-corrected chi connectivity index (χ0v) is 11.8. The van der Waals surface area contributed by atoms with Gasteiger partial charge in [-0.2, -0.15) is 0 Å². The molecule has 0 N–H and O–H groups in total. The Hall–Kier alpha value is -2.47. The second-order valence-corrected chi connectivity index (χ2v) is 4.77. The first-order chi connectivity index (χ1) is 10.6. The number of alkyl halides is 2. The van der Waals surface area contributed by atoms with Crippen molar-refractivity contribution in [2.75, 3.05) is 0 Å². The van der Waals surface area contributed by atoms with Crippen LogP contribution in [0.25, 0.3) is 11.3 Å². The SMILES string of the molecule is FC(F)c1cc(-c2ccccc2Oc2ccc(Cl)cn2)on1. The fourth-order valence-electron chi connectivity index (χ4n) is 1.81. The van der Waals surface area contributed by atoms with Crippen molar-refractivity contribution in [1.29, 1.82) is 0 Å². The van der Waals surface area contributed by atoms with Gasteiger partial charge in [-0.15, -0.1) is 0 Å². The van der Waals surface area contributed by atoms with Crippen molar-refractivity contribution in [1.82, 2.24) is 10.1 Å². The highest BCUT2D eigenvalue weighted by atomic mass is 35.5. The number of para-hydroxylation sites is 1. The predicted octanol–water partition coefficient (Wildman–Crippen LogP) is 5.12. The van der Waals surface area contributed by atoms with Crippen LogP contribution >= 0.6 is 11.6 Å². The quantitative estimate of drug-likeness (QED) is 0.669. The minimum absolute atomic E-state index is 0.194. The Bertz CT molecular complexity index is 775. The molecule has 1 aromatic carbocycles. The highest BCUT2D eigenvalue weighted by Gasteiger charge is 2.17. The van der Waals surface area contributed by atoms with Crippen LogP contribution in [-0.2, 0) is 0 Å². The van der Waals surface area contributed by atoms with E-state index in [1.165, 1.54) is 12.3 Å². The number of aromatic nitrogens is 2. The lowest BCUT2D eigenvalue weighted by molar-refractivity contribution is 0.140. The first kappa shape index (κ1) is 14.5. The molecular weight excluding hydrogens is 314 g/mol. The lowest BCUT2D eigenvalue weighted by Gasteiger charge is -2.08. The Morgan fingerprint density at radius 1 is 1.14 bits per heavy atom. The Morgan fingerprint density at radius 2 is 1.95 bits per heavy atom. The smallest absolute Gasteiger partial charge is 0.283 e. The number of pyridine rings is 1. The summed E-state index contributed by atoms with van der Waals surface area (Å²) in [7, 11) is 0. The van der Waals surface area contributed by atoms with Crippen LogP contribution < -0.4 is 4.74 Å². The van der Waals surface area contributed by atoms with Gasteiger partial charge in [0.25, 0.3) is 6.43 Å². The van der Waals surface area contributed by atoms with Crippen molar-refractivity contribution < 1.29 is 18.0 Å². The fraction of sp³-hybridized carbons (Fsp3) is 0.0667. The molecule has 0 aliphatic heterocycles. The molecule has 0 aliphatic carbocycles. The summed E-state index contributed by atoms with van der Waals surface area (Å²) in [4.78, 5) is 4.02. The van der Waals surface area contributed by atoms with Gasteiger partial charge in [-0.25, -0.2) is 13.8 Å². The largest absolute Gasteiger partial charge is 0.438 e. The Morgan fingerprint density at radius 3 is 2.64 bits per heavy atom. The van der Waals surface area contributed by atoms with Crippen molar-refractivity contribution >= 4 is 11.6 Å². The predicted molar refractivity (Wildman–Crippen MR) is 76.2 cm³/mol. The van der Waals surface area contributed by atoms with E-state index in [1.807, 2.05) is 0 Å². The van der Waals surface area contributed by atoms with Gasteiger partial charge in [-0.3, -0.25) is 0 Å². The number of nitrogens with zero attached hydrogens (tertiary/aromatic N) is 2. The second-order valence-electron chi connectivity index (χ2n) is 4.33. The van der Waals surface area contributed by atoms with Crippen molar-refractivity contribution in [3.05, 3.63) is 59.4 Å². The van der Waals surface area contributed by atoms with Crippen LogP contribution in [0, 0.1) is 0 Å². The van der Waals surface area contributed by atoms with Gasteiger partial charge in [0, 0.05) is 18.3 Å². The zero-order valence-electron chi connectivity index (χ0n) is 11.0. The summed E-state index contributed by atoms with van der Waals surface area (Å²) in [6.07, 6.45) is -1.24. The van der Waals surface area contributed by atoms with Gasteiger partial charge >= 0.3 is 0 Å². The van der Waals surface area contributed by atoms with E-state index >= 15 is 0 Å². The van der Waals surface area contributed by atoms with E-state index in [0.29, 0.717) is 22.2 Å². The average molecular weight is 323 g/mol. The highest BCUT2D eigenvalue weighted by molar-refractivity contribution is 6.30. The first-order valence-corrected chi connectivity index (χ1v) is 6.65. The van der Waals surface area contributed by atoms with Gasteiger partial charge in [0.05, 0.1) is 10.6 Å². The van der Waals surface area contributed by atoms with Crippen LogP contribution in [0.1, 0.15) is 12.1 Å². The number of hydrogen-bond donors (Lipinski definition) is 0. The molecule has 0 spiro atoms. The van der Waals surface area contributed by atoms with Crippen molar-refractivity contribution in [2.24, 2.45) is 0 Å². The van der Waals surface area contributed by atoms with E-state index < -0.39 is 12.1 Å². The van der Waals surface area contributed by atoms with E-state index in [1.54, 1.807) is 36.4 Å². The molecule has 4 nitrogen and oxygen atoms in total. The van der Waals surface area contributed by atoms with E-state index in [4.69, 9.17) is 20.9 Å². The molecule has 0 atom stereocenters. The molecular formula is C15H9ClF2N2O2. The third-order valence-electron chi connectivity index (χ3n) is 2.82. The van der Waals surface area contributed by atoms with Crippen LogP contribution in [-0.4, -0.2) is 10.1 Å². The van der Waals surface area contributed by atoms with Crippen molar-refractivity contribution in [2.45, 2.75) is 6.43 Å². The third kappa shape index (κ3) is 3.07. The molecule has 3 aromatic rings. The summed E-state index contributed by atoms with van der Waals surface area (Å²) in [6, 6.07) is 11.3. The van der Waals surface area contributed by atoms with E-state index in [0.717, 1.165) is 0 Å². The standard InChI is InChI=1S/C15H9ClF2N2O2/c16-9-5-6-14(19-8-9)21-12-4-2-1-3-10(12)13-7-11(15(17)18)20-22-13/h1-8,15H. The highest BCUT2D eigenvalue weighted by Crippen LogP contribution is 2.34. The molecule has 0 amide bonds. The molecule has 22 heavy (non-hydrogen) atoms. The number of halogens is 3. The monoisotopic (exact) mass is 322 g/mol. The van der Waals surface area contributed by atoms with Crippen LogP contribution in [0.3, 0.4) is 0 Å². The second kappa shape index (κ2) is 6.11. The van der Waals surface area contributed by atoms with Gasteiger partial charge in [-0.1, -0.05) is 28.9 Å². The molecule has 0 radical (unpaired) electrons. The van der Waals surface area contributed by atoms with Crippen LogP contribution in [0.15, 0.2) is 53.2 Å². The Balaban J connectivity index is 1.93. The molecule has 0 aliphatic rings. The lowest BCUT2D eigenvalue weighted by atomic mass is 10.1. The van der Waals surface area contributed by atoms with Crippen LogP contribution in [0.5, 0.6) is 11.6 Å². The normalized spacial score (nSPS) is 10.9. The molecule has 0 saturated carbocycles. The van der Waals surface area contributed by atoms with Gasteiger partial charge in [0.2, 0.25) is 5.88 Å². The minimum atomic E-state index is -2.69. The van der Waals surface area contributed by atoms with Gasteiger partial charge < -0.3 is 9.26 Å². The maximum absolute atomic E-state index is 12.6. The van der Waals surface area contributed by atoms with Gasteiger partial charge in [-0.05, 0) is 18.2 Å². The summed E-state index contributed by atoms with van der Waals surface area (Å²) < 4.78 is 35.8. The summed E-state index contributed by atoms with van der Waals surface area (Å²) in [5, 5.41) is 3.82. The fourth-order valence-corrected chi connectivity index (χ4v) is 1.92. The molecule has 0 saturated heterocycles. The Labute approximate surface area is 129 Å². The molecule has 3 rings (SSSR count). The van der Waals surface area contributed by atoms with E-state index in [2.05, 4.69) is 10.1 Å². The van der Waals surface area contributed by atoms with Gasteiger partial charge in [0.15, 0.2) is 5.76 Å². The molecule has 2 aromatic heterocycles. The third-order valence-corrected chi connectivity index (χ3v) is 3.04. The maximum atomic E-state index is 12.6. The van der Waals surface area contributed by atoms with Crippen molar-refractivity contribution in [3.63, 3.8) is 0 Å². The van der Waals surface area contributed by atoms with Gasteiger partial charge in [0.1, 0.15) is 11.4 Å². The average Bonchev–Trinajstić information content (AvgIpc) is 3.00. The molecule has 0 unspecified atom stereocenters.